The van der Waals surface area contributed by atoms with Crippen LogP contribution in [0.2, 0.25) is 0 Å². The molecule has 0 saturated carbocycles. The summed E-state index contributed by atoms with van der Waals surface area (Å²) in [6, 6.07) is 3.95. The number of anilines is 1. The van der Waals surface area contributed by atoms with Gasteiger partial charge in [-0.3, -0.25) is 9.36 Å². The SMILES string of the molecule is COc1ccc(F)cc1C(=O)CSc1nnc(N2CCOCC2)n1CC(C)C. The van der Waals surface area contributed by atoms with Crippen molar-refractivity contribution in [2.75, 3.05) is 44.1 Å². The quantitative estimate of drug-likeness (QED) is 0.491. The van der Waals surface area contributed by atoms with Crippen LogP contribution in [-0.2, 0) is 11.3 Å². The molecule has 3 rings (SSSR count). The van der Waals surface area contributed by atoms with E-state index in [9.17, 15) is 9.18 Å². The van der Waals surface area contributed by atoms with Gasteiger partial charge in [0.05, 0.1) is 31.6 Å². The van der Waals surface area contributed by atoms with Crippen molar-refractivity contribution in [1.82, 2.24) is 14.8 Å². The average Bonchev–Trinajstić information content (AvgIpc) is 3.08. The molecule has 0 N–H and O–H groups in total. The van der Waals surface area contributed by atoms with E-state index < -0.39 is 5.82 Å². The van der Waals surface area contributed by atoms with E-state index in [0.29, 0.717) is 30.0 Å². The summed E-state index contributed by atoms with van der Waals surface area (Å²) in [5, 5.41) is 9.34. The van der Waals surface area contributed by atoms with Gasteiger partial charge >= 0.3 is 0 Å². The molecule has 0 atom stereocenters. The summed E-state index contributed by atoms with van der Waals surface area (Å²) in [5.74, 6) is 1.01. The average molecular weight is 408 g/mol. The summed E-state index contributed by atoms with van der Waals surface area (Å²) in [7, 11) is 1.46. The molecule has 1 aliphatic heterocycles. The highest BCUT2D eigenvalue weighted by Crippen LogP contribution is 2.27. The van der Waals surface area contributed by atoms with Gasteiger partial charge in [-0.05, 0) is 24.1 Å². The molecule has 28 heavy (non-hydrogen) atoms. The number of rotatable bonds is 8. The minimum atomic E-state index is -0.466. The number of morpholine rings is 1. The number of benzene rings is 1. The van der Waals surface area contributed by atoms with Gasteiger partial charge in [-0.1, -0.05) is 25.6 Å². The number of hydrogen-bond donors (Lipinski definition) is 0. The van der Waals surface area contributed by atoms with Crippen molar-refractivity contribution in [2.24, 2.45) is 5.92 Å². The molecule has 1 fully saturated rings. The van der Waals surface area contributed by atoms with Crippen LogP contribution in [0.4, 0.5) is 10.3 Å². The van der Waals surface area contributed by atoms with Crippen molar-refractivity contribution in [3.05, 3.63) is 29.6 Å². The second-order valence-corrected chi connectivity index (χ2v) is 7.89. The third-order valence-corrected chi connectivity index (χ3v) is 5.30. The highest BCUT2D eigenvalue weighted by atomic mass is 32.2. The Hall–Kier alpha value is -2.13. The predicted molar refractivity (Wildman–Crippen MR) is 106 cm³/mol. The Morgan fingerprint density at radius 2 is 2.07 bits per heavy atom. The van der Waals surface area contributed by atoms with Crippen molar-refractivity contribution in [1.29, 1.82) is 0 Å². The van der Waals surface area contributed by atoms with Gasteiger partial charge in [0.1, 0.15) is 11.6 Å². The normalized spacial score (nSPS) is 14.5. The molecule has 1 aliphatic rings. The molecule has 0 bridgehead atoms. The number of methoxy groups -OCH3 is 1. The summed E-state index contributed by atoms with van der Waals surface area (Å²) >= 11 is 1.31. The molecule has 1 saturated heterocycles. The van der Waals surface area contributed by atoms with Gasteiger partial charge < -0.3 is 14.4 Å². The van der Waals surface area contributed by atoms with E-state index in [1.807, 2.05) is 0 Å². The monoisotopic (exact) mass is 408 g/mol. The van der Waals surface area contributed by atoms with Crippen LogP contribution in [-0.4, -0.2) is 59.7 Å². The van der Waals surface area contributed by atoms with Crippen molar-refractivity contribution < 1.29 is 18.7 Å². The standard InChI is InChI=1S/C19H25FN4O3S/c1-13(2)11-24-18(23-6-8-27-9-7-23)21-22-19(24)28-12-16(25)15-10-14(20)4-5-17(15)26-3/h4-5,10,13H,6-9,11-12H2,1-3H3. The summed E-state index contributed by atoms with van der Waals surface area (Å²) < 4.78 is 26.2. The van der Waals surface area contributed by atoms with Crippen LogP contribution >= 0.6 is 11.8 Å². The van der Waals surface area contributed by atoms with Crippen molar-refractivity contribution in [2.45, 2.75) is 25.5 Å². The number of carbonyl (C=O) groups excluding carboxylic acids is 1. The smallest absolute Gasteiger partial charge is 0.228 e. The summed E-state index contributed by atoms with van der Waals surface area (Å²) in [6.45, 7) is 7.85. The zero-order valence-electron chi connectivity index (χ0n) is 16.4. The van der Waals surface area contributed by atoms with E-state index in [4.69, 9.17) is 9.47 Å². The minimum Gasteiger partial charge on any atom is -0.496 e. The van der Waals surface area contributed by atoms with Crippen LogP contribution in [0.3, 0.4) is 0 Å². The van der Waals surface area contributed by atoms with Crippen molar-refractivity contribution >= 4 is 23.5 Å². The first-order valence-electron chi connectivity index (χ1n) is 9.25. The molecule has 0 radical (unpaired) electrons. The first-order chi connectivity index (χ1) is 13.5. The second kappa shape index (κ2) is 9.38. The molecule has 9 heteroatoms. The summed E-state index contributed by atoms with van der Waals surface area (Å²) in [6.07, 6.45) is 0. The van der Waals surface area contributed by atoms with Gasteiger partial charge in [0.25, 0.3) is 0 Å². The maximum atomic E-state index is 13.6. The molecule has 0 aliphatic carbocycles. The minimum absolute atomic E-state index is 0.124. The highest BCUT2D eigenvalue weighted by molar-refractivity contribution is 7.99. The molecule has 0 spiro atoms. The molecule has 7 nitrogen and oxygen atoms in total. The fourth-order valence-electron chi connectivity index (χ4n) is 3.02. The Morgan fingerprint density at radius 3 is 2.75 bits per heavy atom. The zero-order chi connectivity index (χ0) is 20.1. The Bertz CT molecular complexity index is 822. The topological polar surface area (TPSA) is 69.5 Å². The lowest BCUT2D eigenvalue weighted by Gasteiger charge is -2.28. The van der Waals surface area contributed by atoms with Crippen LogP contribution in [0.5, 0.6) is 5.75 Å². The molecule has 2 aromatic rings. The lowest BCUT2D eigenvalue weighted by molar-refractivity contribution is 0.101. The van der Waals surface area contributed by atoms with Crippen molar-refractivity contribution in [3.63, 3.8) is 0 Å². The van der Waals surface area contributed by atoms with Crippen LogP contribution in [0.1, 0.15) is 24.2 Å². The molecular formula is C19H25FN4O3S. The molecular weight excluding hydrogens is 383 g/mol. The van der Waals surface area contributed by atoms with Gasteiger partial charge in [-0.25, -0.2) is 4.39 Å². The lowest BCUT2D eigenvalue weighted by Crippen LogP contribution is -2.38. The number of hydrogen-bond acceptors (Lipinski definition) is 7. The number of aromatic nitrogens is 3. The fourth-order valence-corrected chi connectivity index (χ4v) is 3.84. The Morgan fingerprint density at radius 1 is 1.32 bits per heavy atom. The van der Waals surface area contributed by atoms with Crippen molar-refractivity contribution in [3.8, 4) is 5.75 Å². The summed E-state index contributed by atoms with van der Waals surface area (Å²) in [4.78, 5) is 14.8. The van der Waals surface area contributed by atoms with E-state index in [1.54, 1.807) is 0 Å². The predicted octanol–water partition coefficient (Wildman–Crippen LogP) is 2.89. The third-order valence-electron chi connectivity index (χ3n) is 4.33. The van der Waals surface area contributed by atoms with Crippen LogP contribution in [0.25, 0.3) is 0 Å². The number of ketones is 1. The van der Waals surface area contributed by atoms with Gasteiger partial charge in [-0.2, -0.15) is 0 Å². The lowest BCUT2D eigenvalue weighted by atomic mass is 10.1. The van der Waals surface area contributed by atoms with Crippen LogP contribution in [0.15, 0.2) is 23.4 Å². The molecule has 0 amide bonds. The first-order valence-corrected chi connectivity index (χ1v) is 10.2. The molecule has 2 heterocycles. The number of carbonyl (C=O) groups is 1. The Balaban J connectivity index is 1.77. The van der Waals surface area contributed by atoms with Gasteiger partial charge in [0, 0.05) is 19.6 Å². The number of nitrogens with zero attached hydrogens (tertiary/aromatic N) is 4. The fraction of sp³-hybridized carbons (Fsp3) is 0.526. The number of thioether (sulfide) groups is 1. The first kappa shape index (κ1) is 20.6. The number of halogens is 1. The Labute approximate surface area is 168 Å². The van der Waals surface area contributed by atoms with Crippen LogP contribution < -0.4 is 9.64 Å². The number of Topliss-reactive ketones (excluding diaryl/α,β-unsaturated/α-hetero) is 1. The van der Waals surface area contributed by atoms with E-state index in [2.05, 4.69) is 33.5 Å². The van der Waals surface area contributed by atoms with E-state index in [0.717, 1.165) is 25.6 Å². The Kier molecular flexibility index (Phi) is 6.90. The van der Waals surface area contributed by atoms with Crippen LogP contribution in [0, 0.1) is 11.7 Å². The maximum absolute atomic E-state index is 13.6. The highest BCUT2D eigenvalue weighted by Gasteiger charge is 2.22. The van der Waals surface area contributed by atoms with E-state index >= 15 is 0 Å². The van der Waals surface area contributed by atoms with Gasteiger partial charge in [0.2, 0.25) is 5.95 Å². The van der Waals surface area contributed by atoms with Gasteiger partial charge in [-0.15, -0.1) is 10.2 Å². The third kappa shape index (κ3) is 4.82. The molecule has 1 aromatic heterocycles. The largest absolute Gasteiger partial charge is 0.496 e. The summed E-state index contributed by atoms with van der Waals surface area (Å²) in [5.41, 5.74) is 0.235. The molecule has 152 valence electrons. The molecule has 1 aromatic carbocycles. The van der Waals surface area contributed by atoms with Gasteiger partial charge in [0.15, 0.2) is 10.9 Å². The van der Waals surface area contributed by atoms with E-state index in [-0.39, 0.29) is 17.1 Å². The van der Waals surface area contributed by atoms with E-state index in [1.165, 1.54) is 37.1 Å². The number of ether oxygens (including phenoxy) is 2. The maximum Gasteiger partial charge on any atom is 0.228 e. The second-order valence-electron chi connectivity index (χ2n) is 6.94. The molecule has 0 unspecified atom stereocenters. The zero-order valence-corrected chi connectivity index (χ0v) is 17.2.